The topological polar surface area (TPSA) is 54.5 Å². The number of nitrogens with zero attached hydrogens (tertiary/aromatic N) is 1. The van der Waals surface area contributed by atoms with Gasteiger partial charge in [0.05, 0.1) is 11.5 Å². The van der Waals surface area contributed by atoms with Gasteiger partial charge in [0.25, 0.3) is 5.91 Å². The number of carbonyl (C=O) groups excluding carboxylic acids is 1. The SMILES string of the molecule is C=C(Cl)CS(=O)(=O)Cc1cccc(C(=O)N(C)C)c1. The third-order valence-electron chi connectivity index (χ3n) is 2.34. The van der Waals surface area contributed by atoms with Crippen molar-refractivity contribution in [3.63, 3.8) is 0 Å². The zero-order valence-corrected chi connectivity index (χ0v) is 12.5. The zero-order chi connectivity index (χ0) is 14.6. The van der Waals surface area contributed by atoms with Crippen LogP contribution in [0, 0.1) is 0 Å². The summed E-state index contributed by atoms with van der Waals surface area (Å²) in [6, 6.07) is 6.56. The molecule has 1 aromatic rings. The summed E-state index contributed by atoms with van der Waals surface area (Å²) in [6.45, 7) is 3.38. The first-order valence-corrected chi connectivity index (χ1v) is 7.75. The third-order valence-corrected chi connectivity index (χ3v) is 4.20. The molecule has 0 saturated carbocycles. The average molecular weight is 302 g/mol. The lowest BCUT2D eigenvalue weighted by Gasteiger charge is -2.11. The smallest absolute Gasteiger partial charge is 0.253 e. The second-order valence-corrected chi connectivity index (χ2v) is 7.05. The van der Waals surface area contributed by atoms with Crippen LogP contribution in [0.25, 0.3) is 0 Å². The molecule has 19 heavy (non-hydrogen) atoms. The van der Waals surface area contributed by atoms with E-state index in [1.165, 1.54) is 4.90 Å². The van der Waals surface area contributed by atoms with E-state index in [1.54, 1.807) is 38.4 Å². The number of amides is 1. The van der Waals surface area contributed by atoms with Crippen LogP contribution in [0.2, 0.25) is 0 Å². The molecule has 0 aliphatic rings. The third kappa shape index (κ3) is 5.04. The summed E-state index contributed by atoms with van der Waals surface area (Å²) in [5, 5.41) is 0.0838. The van der Waals surface area contributed by atoms with Crippen LogP contribution in [-0.4, -0.2) is 39.1 Å². The summed E-state index contributed by atoms with van der Waals surface area (Å²) in [5.41, 5.74) is 1.02. The van der Waals surface area contributed by atoms with E-state index in [0.717, 1.165) is 0 Å². The maximum Gasteiger partial charge on any atom is 0.253 e. The monoisotopic (exact) mass is 301 g/mol. The Morgan fingerprint density at radius 2 is 2.00 bits per heavy atom. The highest BCUT2D eigenvalue weighted by Crippen LogP contribution is 2.13. The van der Waals surface area contributed by atoms with E-state index in [2.05, 4.69) is 6.58 Å². The van der Waals surface area contributed by atoms with Crippen LogP contribution in [0.5, 0.6) is 0 Å². The van der Waals surface area contributed by atoms with Crippen molar-refractivity contribution in [3.8, 4) is 0 Å². The van der Waals surface area contributed by atoms with E-state index in [0.29, 0.717) is 11.1 Å². The van der Waals surface area contributed by atoms with Gasteiger partial charge in [0.2, 0.25) is 0 Å². The quantitative estimate of drug-likeness (QED) is 0.836. The Hall–Kier alpha value is -1.33. The molecule has 1 rings (SSSR count). The van der Waals surface area contributed by atoms with Crippen LogP contribution in [0.15, 0.2) is 35.9 Å². The number of carbonyl (C=O) groups is 1. The fourth-order valence-electron chi connectivity index (χ4n) is 1.60. The molecular formula is C13H16ClNO3S. The Kier molecular flexibility index (Phi) is 5.14. The number of halogens is 1. The van der Waals surface area contributed by atoms with Gasteiger partial charge in [0.15, 0.2) is 9.84 Å². The van der Waals surface area contributed by atoms with Crippen molar-refractivity contribution in [3.05, 3.63) is 47.0 Å². The summed E-state index contributed by atoms with van der Waals surface area (Å²) in [4.78, 5) is 13.2. The fourth-order valence-corrected chi connectivity index (χ4v) is 3.36. The summed E-state index contributed by atoms with van der Waals surface area (Å²) < 4.78 is 23.6. The largest absolute Gasteiger partial charge is 0.345 e. The van der Waals surface area contributed by atoms with E-state index in [-0.39, 0.29) is 22.4 Å². The number of benzene rings is 1. The standard InChI is InChI=1S/C13H16ClNO3S/c1-10(14)8-19(17,18)9-11-5-4-6-12(7-11)13(16)15(2)3/h4-7H,1,8-9H2,2-3H3. The summed E-state index contributed by atoms with van der Waals surface area (Å²) in [6.07, 6.45) is 0. The molecule has 0 aliphatic carbocycles. The molecule has 0 heterocycles. The molecular weight excluding hydrogens is 286 g/mol. The van der Waals surface area contributed by atoms with Gasteiger partial charge in [-0.3, -0.25) is 4.79 Å². The Morgan fingerprint density at radius 3 is 2.53 bits per heavy atom. The Bertz CT molecular complexity index is 594. The molecule has 0 spiro atoms. The predicted octanol–water partition coefficient (Wildman–Crippen LogP) is 2.06. The Labute approximate surface area is 118 Å². The van der Waals surface area contributed by atoms with Crippen LogP contribution >= 0.6 is 11.6 Å². The van der Waals surface area contributed by atoms with Gasteiger partial charge in [-0.1, -0.05) is 30.3 Å². The second kappa shape index (κ2) is 6.21. The minimum absolute atomic E-state index is 0.0838. The van der Waals surface area contributed by atoms with Gasteiger partial charge in [-0.2, -0.15) is 0 Å². The van der Waals surface area contributed by atoms with Crippen LogP contribution in [-0.2, 0) is 15.6 Å². The molecule has 1 aromatic carbocycles. The molecule has 0 fully saturated rings. The molecule has 0 atom stereocenters. The zero-order valence-electron chi connectivity index (χ0n) is 10.9. The molecule has 0 unspecified atom stereocenters. The predicted molar refractivity (Wildman–Crippen MR) is 76.9 cm³/mol. The summed E-state index contributed by atoms with van der Waals surface area (Å²) in [7, 11) is -0.0688. The molecule has 1 amide bonds. The van der Waals surface area contributed by atoms with Gasteiger partial charge in [0.1, 0.15) is 0 Å². The lowest BCUT2D eigenvalue weighted by atomic mass is 10.1. The molecule has 6 heteroatoms. The first kappa shape index (κ1) is 15.7. The fraction of sp³-hybridized carbons (Fsp3) is 0.308. The second-order valence-electron chi connectivity index (χ2n) is 4.45. The number of sulfone groups is 1. The maximum absolute atomic E-state index is 11.8. The van der Waals surface area contributed by atoms with E-state index < -0.39 is 9.84 Å². The molecule has 0 aromatic heterocycles. The highest BCUT2D eigenvalue weighted by molar-refractivity contribution is 7.90. The van der Waals surface area contributed by atoms with Gasteiger partial charge >= 0.3 is 0 Å². The lowest BCUT2D eigenvalue weighted by Crippen LogP contribution is -2.21. The normalized spacial score (nSPS) is 11.1. The van der Waals surface area contributed by atoms with Gasteiger partial charge in [-0.05, 0) is 17.7 Å². The van der Waals surface area contributed by atoms with Crippen molar-refractivity contribution >= 4 is 27.3 Å². The van der Waals surface area contributed by atoms with Crippen molar-refractivity contribution < 1.29 is 13.2 Å². The minimum Gasteiger partial charge on any atom is -0.345 e. The van der Waals surface area contributed by atoms with E-state index in [4.69, 9.17) is 11.6 Å². The van der Waals surface area contributed by atoms with Gasteiger partial charge < -0.3 is 4.90 Å². The number of rotatable bonds is 5. The summed E-state index contributed by atoms with van der Waals surface area (Å²) >= 11 is 5.52. The van der Waals surface area contributed by atoms with Crippen molar-refractivity contribution in [2.24, 2.45) is 0 Å². The molecule has 4 nitrogen and oxygen atoms in total. The van der Waals surface area contributed by atoms with E-state index in [9.17, 15) is 13.2 Å². The number of hydrogen-bond acceptors (Lipinski definition) is 3. The average Bonchev–Trinajstić information content (AvgIpc) is 2.25. The van der Waals surface area contributed by atoms with Crippen LogP contribution < -0.4 is 0 Å². The van der Waals surface area contributed by atoms with E-state index in [1.807, 2.05) is 0 Å². The first-order valence-electron chi connectivity index (χ1n) is 5.55. The maximum atomic E-state index is 11.8. The lowest BCUT2D eigenvalue weighted by molar-refractivity contribution is 0.0827. The van der Waals surface area contributed by atoms with Crippen molar-refractivity contribution in [1.29, 1.82) is 0 Å². The minimum atomic E-state index is -3.35. The van der Waals surface area contributed by atoms with Gasteiger partial charge in [-0.25, -0.2) is 8.42 Å². The van der Waals surface area contributed by atoms with E-state index >= 15 is 0 Å². The highest BCUT2D eigenvalue weighted by Gasteiger charge is 2.15. The molecule has 0 saturated heterocycles. The van der Waals surface area contributed by atoms with Crippen molar-refractivity contribution in [2.75, 3.05) is 19.8 Å². The Morgan fingerprint density at radius 1 is 1.37 bits per heavy atom. The van der Waals surface area contributed by atoms with Crippen LogP contribution in [0.3, 0.4) is 0 Å². The Balaban J connectivity index is 2.95. The molecule has 0 bridgehead atoms. The highest BCUT2D eigenvalue weighted by atomic mass is 35.5. The molecule has 0 radical (unpaired) electrons. The molecule has 0 aliphatic heterocycles. The van der Waals surface area contributed by atoms with Gasteiger partial charge in [-0.15, -0.1) is 0 Å². The van der Waals surface area contributed by atoms with Crippen molar-refractivity contribution in [2.45, 2.75) is 5.75 Å². The molecule has 104 valence electrons. The number of hydrogen-bond donors (Lipinski definition) is 0. The van der Waals surface area contributed by atoms with Gasteiger partial charge in [0, 0.05) is 24.7 Å². The first-order chi connectivity index (χ1) is 8.71. The summed E-state index contributed by atoms with van der Waals surface area (Å²) in [5.74, 6) is -0.589. The molecule has 0 N–H and O–H groups in total. The van der Waals surface area contributed by atoms with Crippen molar-refractivity contribution in [1.82, 2.24) is 4.90 Å². The van der Waals surface area contributed by atoms with Crippen LogP contribution in [0.4, 0.5) is 0 Å². The van der Waals surface area contributed by atoms with Crippen LogP contribution in [0.1, 0.15) is 15.9 Å².